The molecular formula is C22H25FN2O2. The van der Waals surface area contributed by atoms with E-state index in [1.54, 1.807) is 18.2 Å². The van der Waals surface area contributed by atoms with Crippen molar-refractivity contribution in [1.82, 2.24) is 5.32 Å². The van der Waals surface area contributed by atoms with Gasteiger partial charge >= 0.3 is 0 Å². The lowest BCUT2D eigenvalue weighted by Crippen LogP contribution is -2.41. The van der Waals surface area contributed by atoms with E-state index in [0.717, 1.165) is 36.5 Å². The molecule has 1 saturated heterocycles. The van der Waals surface area contributed by atoms with Crippen molar-refractivity contribution in [1.29, 1.82) is 0 Å². The zero-order valence-electron chi connectivity index (χ0n) is 15.7. The molecule has 2 atom stereocenters. The number of nitrogens with zero attached hydrogens (tertiary/aromatic N) is 1. The topological polar surface area (TPSA) is 41.6 Å². The van der Waals surface area contributed by atoms with Gasteiger partial charge in [0.05, 0.1) is 18.8 Å². The fourth-order valence-corrected chi connectivity index (χ4v) is 3.13. The summed E-state index contributed by atoms with van der Waals surface area (Å²) in [5.74, 6) is -0.475. The number of amides is 1. The second kappa shape index (κ2) is 8.82. The maximum absolute atomic E-state index is 12.9. The van der Waals surface area contributed by atoms with E-state index in [9.17, 15) is 9.18 Å². The molecular weight excluding hydrogens is 343 g/mol. The van der Waals surface area contributed by atoms with Gasteiger partial charge in [0, 0.05) is 24.9 Å². The van der Waals surface area contributed by atoms with Gasteiger partial charge in [0.2, 0.25) is 5.91 Å². The molecule has 2 aromatic carbocycles. The summed E-state index contributed by atoms with van der Waals surface area (Å²) in [6.45, 7) is 6.50. The molecule has 0 aliphatic carbocycles. The average Bonchev–Trinajstić information content (AvgIpc) is 2.67. The molecule has 1 aliphatic rings. The molecule has 1 aliphatic heterocycles. The highest BCUT2D eigenvalue weighted by Gasteiger charge is 2.18. The summed E-state index contributed by atoms with van der Waals surface area (Å²) >= 11 is 0. The predicted molar refractivity (Wildman–Crippen MR) is 106 cm³/mol. The van der Waals surface area contributed by atoms with Crippen molar-refractivity contribution < 1.29 is 13.9 Å². The standard InChI is InChI=1S/C22H25FN2O2/c1-16-15-25(12-13-27-16)21-5-3-4-19(14-21)17(2)24-22(26)11-8-18-6-9-20(23)10-7-18/h3-11,14,16-17H,12-13,15H2,1-2H3,(H,24,26). The van der Waals surface area contributed by atoms with Gasteiger partial charge in [-0.3, -0.25) is 4.79 Å². The molecule has 4 nitrogen and oxygen atoms in total. The van der Waals surface area contributed by atoms with Gasteiger partial charge in [-0.05, 0) is 55.3 Å². The molecule has 1 N–H and O–H groups in total. The number of benzene rings is 2. The van der Waals surface area contributed by atoms with Crippen molar-refractivity contribution in [2.75, 3.05) is 24.6 Å². The first-order valence-corrected chi connectivity index (χ1v) is 9.22. The Hall–Kier alpha value is -2.66. The Morgan fingerprint density at radius 3 is 2.81 bits per heavy atom. The summed E-state index contributed by atoms with van der Waals surface area (Å²) in [4.78, 5) is 14.5. The molecule has 5 heteroatoms. The monoisotopic (exact) mass is 368 g/mol. The van der Waals surface area contributed by atoms with Crippen LogP contribution in [0.5, 0.6) is 0 Å². The quantitative estimate of drug-likeness (QED) is 0.813. The molecule has 0 spiro atoms. The third-order valence-electron chi connectivity index (χ3n) is 4.63. The van der Waals surface area contributed by atoms with Crippen molar-refractivity contribution >= 4 is 17.7 Å². The van der Waals surface area contributed by atoms with Crippen LogP contribution in [-0.4, -0.2) is 31.7 Å². The minimum absolute atomic E-state index is 0.117. The molecule has 3 rings (SSSR count). The number of anilines is 1. The van der Waals surface area contributed by atoms with Crippen LogP contribution in [0.2, 0.25) is 0 Å². The largest absolute Gasteiger partial charge is 0.375 e. The van der Waals surface area contributed by atoms with Gasteiger partial charge in [0.25, 0.3) is 0 Å². The van der Waals surface area contributed by atoms with Crippen LogP contribution in [0.3, 0.4) is 0 Å². The lowest BCUT2D eigenvalue weighted by molar-refractivity contribution is -0.117. The van der Waals surface area contributed by atoms with Crippen molar-refractivity contribution in [2.24, 2.45) is 0 Å². The summed E-state index contributed by atoms with van der Waals surface area (Å²) in [5.41, 5.74) is 2.98. The summed E-state index contributed by atoms with van der Waals surface area (Å²) in [6.07, 6.45) is 3.36. The van der Waals surface area contributed by atoms with Gasteiger partial charge in [-0.2, -0.15) is 0 Å². The average molecular weight is 368 g/mol. The Morgan fingerprint density at radius 2 is 2.07 bits per heavy atom. The Balaban J connectivity index is 1.61. The summed E-state index contributed by atoms with van der Waals surface area (Å²) in [7, 11) is 0. The molecule has 0 radical (unpaired) electrons. The summed E-state index contributed by atoms with van der Waals surface area (Å²) in [5, 5.41) is 2.97. The maximum atomic E-state index is 12.9. The number of hydrogen-bond acceptors (Lipinski definition) is 3. The van der Waals surface area contributed by atoms with Crippen LogP contribution in [0.4, 0.5) is 10.1 Å². The lowest BCUT2D eigenvalue weighted by atomic mass is 10.1. The van der Waals surface area contributed by atoms with Gasteiger partial charge in [-0.15, -0.1) is 0 Å². The molecule has 2 unspecified atom stereocenters. The molecule has 0 bridgehead atoms. The lowest BCUT2D eigenvalue weighted by Gasteiger charge is -2.33. The van der Waals surface area contributed by atoms with Crippen molar-refractivity contribution in [2.45, 2.75) is 26.0 Å². The van der Waals surface area contributed by atoms with Gasteiger partial charge in [0.15, 0.2) is 0 Å². The fourth-order valence-electron chi connectivity index (χ4n) is 3.13. The normalized spacial score (nSPS) is 18.5. The van der Waals surface area contributed by atoms with Gasteiger partial charge < -0.3 is 15.0 Å². The first-order valence-electron chi connectivity index (χ1n) is 9.22. The smallest absolute Gasteiger partial charge is 0.244 e. The van der Waals surface area contributed by atoms with E-state index >= 15 is 0 Å². The molecule has 1 amide bonds. The third kappa shape index (κ3) is 5.41. The zero-order chi connectivity index (χ0) is 19.2. The number of hydrogen-bond donors (Lipinski definition) is 1. The second-order valence-corrected chi connectivity index (χ2v) is 6.84. The van der Waals surface area contributed by atoms with E-state index in [4.69, 9.17) is 4.74 Å². The highest BCUT2D eigenvalue weighted by Crippen LogP contribution is 2.22. The van der Waals surface area contributed by atoms with Crippen LogP contribution < -0.4 is 10.2 Å². The van der Waals surface area contributed by atoms with Crippen LogP contribution in [-0.2, 0) is 9.53 Å². The number of carbonyl (C=O) groups excluding carboxylic acids is 1. The number of halogens is 1. The molecule has 2 aromatic rings. The number of ether oxygens (including phenoxy) is 1. The Labute approximate surface area is 159 Å². The molecule has 1 heterocycles. The van der Waals surface area contributed by atoms with E-state index in [1.165, 1.54) is 18.2 Å². The van der Waals surface area contributed by atoms with E-state index in [-0.39, 0.29) is 23.9 Å². The van der Waals surface area contributed by atoms with Crippen LogP contribution in [0.25, 0.3) is 6.08 Å². The van der Waals surface area contributed by atoms with E-state index in [1.807, 2.05) is 19.1 Å². The zero-order valence-corrected chi connectivity index (χ0v) is 15.7. The SMILES string of the molecule is CC1CN(c2cccc(C(C)NC(=O)C=Cc3ccc(F)cc3)c2)CCO1. The van der Waals surface area contributed by atoms with Gasteiger partial charge in [0.1, 0.15) is 5.82 Å². The van der Waals surface area contributed by atoms with Gasteiger partial charge in [-0.25, -0.2) is 4.39 Å². The Bertz CT molecular complexity index is 804. The number of rotatable bonds is 5. The molecule has 27 heavy (non-hydrogen) atoms. The first kappa shape index (κ1) is 19.1. The maximum Gasteiger partial charge on any atom is 0.244 e. The minimum Gasteiger partial charge on any atom is -0.375 e. The fraction of sp³-hybridized carbons (Fsp3) is 0.318. The van der Waals surface area contributed by atoms with Crippen LogP contribution >= 0.6 is 0 Å². The Kier molecular flexibility index (Phi) is 6.24. The summed E-state index contributed by atoms with van der Waals surface area (Å²) in [6, 6.07) is 14.1. The van der Waals surface area contributed by atoms with Crippen LogP contribution in [0, 0.1) is 5.82 Å². The van der Waals surface area contributed by atoms with E-state index in [0.29, 0.717) is 0 Å². The minimum atomic E-state index is -0.292. The number of carbonyl (C=O) groups is 1. The van der Waals surface area contributed by atoms with E-state index in [2.05, 4.69) is 29.3 Å². The molecule has 0 aromatic heterocycles. The second-order valence-electron chi connectivity index (χ2n) is 6.84. The molecule has 1 fully saturated rings. The van der Waals surface area contributed by atoms with Crippen LogP contribution in [0.15, 0.2) is 54.6 Å². The van der Waals surface area contributed by atoms with Gasteiger partial charge in [-0.1, -0.05) is 24.3 Å². The Morgan fingerprint density at radius 1 is 1.30 bits per heavy atom. The first-order chi connectivity index (χ1) is 13.0. The number of morpholine rings is 1. The highest BCUT2D eigenvalue weighted by molar-refractivity contribution is 5.92. The van der Waals surface area contributed by atoms with Crippen molar-refractivity contribution in [3.8, 4) is 0 Å². The predicted octanol–water partition coefficient (Wildman–Crippen LogP) is 3.94. The molecule has 142 valence electrons. The van der Waals surface area contributed by atoms with Crippen molar-refractivity contribution in [3.05, 3.63) is 71.6 Å². The number of nitrogens with one attached hydrogen (secondary N) is 1. The van der Waals surface area contributed by atoms with Crippen molar-refractivity contribution in [3.63, 3.8) is 0 Å². The third-order valence-corrected chi connectivity index (χ3v) is 4.63. The highest BCUT2D eigenvalue weighted by atomic mass is 19.1. The molecule has 0 saturated carbocycles. The van der Waals surface area contributed by atoms with Crippen LogP contribution in [0.1, 0.15) is 31.0 Å². The van der Waals surface area contributed by atoms with E-state index < -0.39 is 0 Å². The summed E-state index contributed by atoms with van der Waals surface area (Å²) < 4.78 is 18.5.